The predicted octanol–water partition coefficient (Wildman–Crippen LogP) is 4.91. The first-order chi connectivity index (χ1) is 9.67. The summed E-state index contributed by atoms with van der Waals surface area (Å²) in [5.74, 6) is 0.473. The van der Waals surface area contributed by atoms with Gasteiger partial charge in [0.1, 0.15) is 0 Å². The normalized spacial score (nSPS) is 16.3. The first-order valence-corrected chi connectivity index (χ1v) is 7.54. The molecule has 3 heteroatoms. The Hall–Kier alpha value is -1.02. The van der Waals surface area contributed by atoms with Gasteiger partial charge in [-0.25, -0.2) is 0 Å². The third kappa shape index (κ3) is 3.35. The molecule has 0 saturated heterocycles. The molecule has 0 spiro atoms. The summed E-state index contributed by atoms with van der Waals surface area (Å²) < 4.78 is 0. The van der Waals surface area contributed by atoms with E-state index >= 15 is 0 Å². The Morgan fingerprint density at radius 1 is 1.00 bits per heavy atom. The van der Waals surface area contributed by atoms with Crippen molar-refractivity contribution in [3.05, 3.63) is 69.2 Å². The van der Waals surface area contributed by atoms with Crippen LogP contribution in [-0.2, 0) is 6.42 Å². The second-order valence-corrected chi connectivity index (χ2v) is 5.78. The number of hydrogen-bond donors (Lipinski definition) is 1. The highest BCUT2D eigenvalue weighted by molar-refractivity contribution is 6.42. The molecule has 1 aliphatic rings. The molecule has 0 aliphatic heterocycles. The van der Waals surface area contributed by atoms with Crippen molar-refractivity contribution in [2.24, 2.45) is 0 Å². The minimum Gasteiger partial charge on any atom is -0.323 e. The van der Waals surface area contributed by atoms with Crippen molar-refractivity contribution in [2.45, 2.75) is 18.8 Å². The lowest BCUT2D eigenvalue weighted by atomic mass is 9.93. The molecule has 106 valence electrons. The van der Waals surface area contributed by atoms with Gasteiger partial charge in [0, 0.05) is 5.92 Å². The van der Waals surface area contributed by atoms with E-state index in [4.69, 9.17) is 23.2 Å². The van der Waals surface area contributed by atoms with Gasteiger partial charge in [-0.15, -0.1) is 0 Å². The standard InChI is InChI=1S/C15H12Cl2.C2H7N/c16-14-8-6-11(9-15(14)17)13-7-5-10-3-1-2-4-12(10)13;1-3-2/h1-4,6,8-9,13H,5,7H2;3H,1-2H3. The molecule has 1 atom stereocenters. The minimum absolute atomic E-state index is 0.473. The Morgan fingerprint density at radius 2 is 1.70 bits per heavy atom. The Labute approximate surface area is 130 Å². The molecular weight excluding hydrogens is 289 g/mol. The maximum atomic E-state index is 6.09. The van der Waals surface area contributed by atoms with Crippen molar-refractivity contribution in [3.63, 3.8) is 0 Å². The van der Waals surface area contributed by atoms with E-state index in [1.807, 2.05) is 26.2 Å². The Bertz CT molecular complexity index is 581. The van der Waals surface area contributed by atoms with Gasteiger partial charge in [-0.05, 0) is 55.8 Å². The van der Waals surface area contributed by atoms with Crippen LogP contribution in [0.1, 0.15) is 29.0 Å². The molecule has 0 heterocycles. The minimum atomic E-state index is 0.473. The first-order valence-electron chi connectivity index (χ1n) is 6.78. The van der Waals surface area contributed by atoms with Crippen molar-refractivity contribution < 1.29 is 0 Å². The lowest BCUT2D eigenvalue weighted by molar-refractivity contribution is 0.788. The number of halogens is 2. The molecule has 0 fully saturated rings. The highest BCUT2D eigenvalue weighted by Crippen LogP contribution is 2.39. The fraction of sp³-hybridized carbons (Fsp3) is 0.294. The van der Waals surface area contributed by atoms with E-state index in [9.17, 15) is 0 Å². The van der Waals surface area contributed by atoms with Crippen LogP contribution in [-0.4, -0.2) is 14.1 Å². The summed E-state index contributed by atoms with van der Waals surface area (Å²) in [6, 6.07) is 14.6. The van der Waals surface area contributed by atoms with Crippen LogP contribution in [0.2, 0.25) is 10.0 Å². The molecule has 3 rings (SSSR count). The molecule has 2 aromatic rings. The Morgan fingerprint density at radius 3 is 2.40 bits per heavy atom. The van der Waals surface area contributed by atoms with Crippen LogP contribution >= 0.6 is 23.2 Å². The number of hydrogen-bond acceptors (Lipinski definition) is 1. The number of rotatable bonds is 1. The largest absolute Gasteiger partial charge is 0.323 e. The van der Waals surface area contributed by atoms with Gasteiger partial charge in [-0.2, -0.15) is 0 Å². The zero-order chi connectivity index (χ0) is 14.5. The average molecular weight is 308 g/mol. The summed E-state index contributed by atoms with van der Waals surface area (Å²) in [6.45, 7) is 0. The van der Waals surface area contributed by atoms with E-state index in [2.05, 4.69) is 35.6 Å². The van der Waals surface area contributed by atoms with Crippen molar-refractivity contribution in [1.82, 2.24) is 5.32 Å². The van der Waals surface area contributed by atoms with Crippen molar-refractivity contribution in [2.75, 3.05) is 14.1 Å². The molecule has 1 aliphatic carbocycles. The second-order valence-electron chi connectivity index (χ2n) is 4.96. The molecule has 0 amide bonds. The zero-order valence-electron chi connectivity index (χ0n) is 11.8. The lowest BCUT2D eigenvalue weighted by Crippen LogP contribution is -1.95. The Kier molecular flexibility index (Phi) is 5.47. The van der Waals surface area contributed by atoms with Gasteiger partial charge in [0.15, 0.2) is 0 Å². The summed E-state index contributed by atoms with van der Waals surface area (Å²) in [4.78, 5) is 0. The molecule has 2 aromatic carbocycles. The third-order valence-electron chi connectivity index (χ3n) is 3.48. The van der Waals surface area contributed by atoms with Gasteiger partial charge in [0.2, 0.25) is 0 Å². The van der Waals surface area contributed by atoms with Gasteiger partial charge >= 0.3 is 0 Å². The monoisotopic (exact) mass is 307 g/mol. The number of aryl methyl sites for hydroxylation is 1. The maximum absolute atomic E-state index is 6.09. The highest BCUT2D eigenvalue weighted by Gasteiger charge is 2.23. The zero-order valence-corrected chi connectivity index (χ0v) is 13.3. The number of nitrogens with one attached hydrogen (secondary N) is 1. The molecule has 0 bridgehead atoms. The third-order valence-corrected chi connectivity index (χ3v) is 4.22. The van der Waals surface area contributed by atoms with Gasteiger partial charge < -0.3 is 5.32 Å². The fourth-order valence-corrected chi connectivity index (χ4v) is 2.94. The van der Waals surface area contributed by atoms with Crippen LogP contribution in [0.3, 0.4) is 0 Å². The lowest BCUT2D eigenvalue weighted by Gasteiger charge is -2.12. The smallest absolute Gasteiger partial charge is 0.0595 e. The van der Waals surface area contributed by atoms with E-state index in [0.29, 0.717) is 16.0 Å². The van der Waals surface area contributed by atoms with E-state index in [-0.39, 0.29) is 0 Å². The number of fused-ring (bicyclic) bond motifs is 1. The summed E-state index contributed by atoms with van der Waals surface area (Å²) in [5, 5.41) is 4.02. The second kappa shape index (κ2) is 7.12. The molecule has 0 radical (unpaired) electrons. The van der Waals surface area contributed by atoms with E-state index < -0.39 is 0 Å². The summed E-state index contributed by atoms with van der Waals surface area (Å²) in [5.41, 5.74) is 4.17. The van der Waals surface area contributed by atoms with Gasteiger partial charge in [0.05, 0.1) is 10.0 Å². The number of benzene rings is 2. The van der Waals surface area contributed by atoms with Crippen LogP contribution in [0.5, 0.6) is 0 Å². The fourth-order valence-electron chi connectivity index (χ4n) is 2.63. The molecule has 20 heavy (non-hydrogen) atoms. The molecule has 0 aromatic heterocycles. The topological polar surface area (TPSA) is 12.0 Å². The molecule has 1 N–H and O–H groups in total. The van der Waals surface area contributed by atoms with E-state index in [0.717, 1.165) is 12.8 Å². The van der Waals surface area contributed by atoms with E-state index in [1.165, 1.54) is 16.7 Å². The van der Waals surface area contributed by atoms with Crippen LogP contribution < -0.4 is 5.32 Å². The van der Waals surface area contributed by atoms with Gasteiger partial charge in [-0.3, -0.25) is 0 Å². The maximum Gasteiger partial charge on any atom is 0.0595 e. The van der Waals surface area contributed by atoms with Gasteiger partial charge in [-0.1, -0.05) is 53.5 Å². The molecule has 1 nitrogen and oxygen atoms in total. The molecular formula is C17H19Cl2N. The van der Waals surface area contributed by atoms with Crippen molar-refractivity contribution >= 4 is 23.2 Å². The highest BCUT2D eigenvalue weighted by atomic mass is 35.5. The molecule has 1 unspecified atom stereocenters. The summed E-state index contributed by atoms with van der Waals surface area (Å²) in [6.07, 6.45) is 2.32. The van der Waals surface area contributed by atoms with Gasteiger partial charge in [0.25, 0.3) is 0 Å². The van der Waals surface area contributed by atoms with Crippen LogP contribution in [0.15, 0.2) is 42.5 Å². The van der Waals surface area contributed by atoms with E-state index in [1.54, 1.807) is 0 Å². The van der Waals surface area contributed by atoms with Crippen LogP contribution in [0, 0.1) is 0 Å². The van der Waals surface area contributed by atoms with Crippen molar-refractivity contribution in [1.29, 1.82) is 0 Å². The van der Waals surface area contributed by atoms with Crippen molar-refractivity contribution in [3.8, 4) is 0 Å². The summed E-state index contributed by atoms with van der Waals surface area (Å²) in [7, 11) is 3.75. The summed E-state index contributed by atoms with van der Waals surface area (Å²) >= 11 is 12.0. The first kappa shape index (κ1) is 15.4. The van der Waals surface area contributed by atoms with Crippen LogP contribution in [0.25, 0.3) is 0 Å². The SMILES string of the molecule is CNC.Clc1ccc(C2CCc3ccccc32)cc1Cl. The quantitative estimate of drug-likeness (QED) is 0.789. The average Bonchev–Trinajstić information content (AvgIpc) is 2.87. The predicted molar refractivity (Wildman–Crippen MR) is 88.1 cm³/mol. The Balaban J connectivity index is 0.000000452. The van der Waals surface area contributed by atoms with Crippen LogP contribution in [0.4, 0.5) is 0 Å². The molecule has 0 saturated carbocycles.